The number of sulfonamides is 1. The van der Waals surface area contributed by atoms with E-state index in [2.05, 4.69) is 5.16 Å². The Hall–Kier alpha value is -2.35. The van der Waals surface area contributed by atoms with Crippen LogP contribution in [0.5, 0.6) is 0 Å². The second-order valence-electron chi connectivity index (χ2n) is 4.16. The molecule has 0 bridgehead atoms. The van der Waals surface area contributed by atoms with Crippen molar-refractivity contribution in [3.63, 3.8) is 0 Å². The molecule has 0 fully saturated rings. The van der Waals surface area contributed by atoms with Gasteiger partial charge >= 0.3 is 5.97 Å². The fourth-order valence-corrected chi connectivity index (χ4v) is 2.06. The van der Waals surface area contributed by atoms with E-state index < -0.39 is 16.0 Å². The summed E-state index contributed by atoms with van der Waals surface area (Å²) in [6.07, 6.45) is 1.09. The van der Waals surface area contributed by atoms with Crippen LogP contribution in [0.1, 0.15) is 10.5 Å². The lowest BCUT2D eigenvalue weighted by molar-refractivity contribution is 0.0686. The molecule has 20 heavy (non-hydrogen) atoms. The summed E-state index contributed by atoms with van der Waals surface area (Å²) in [5, 5.41) is 12.2. The number of carboxylic acids is 1. The zero-order valence-electron chi connectivity index (χ0n) is 10.8. The third-order valence-corrected chi connectivity index (χ3v) is 3.93. The summed E-state index contributed by atoms with van der Waals surface area (Å²) < 4.78 is 29.0. The lowest BCUT2D eigenvalue weighted by Gasteiger charge is -2.16. The van der Waals surface area contributed by atoms with Crippen LogP contribution in [-0.4, -0.2) is 38.0 Å². The minimum atomic E-state index is -3.37. The number of aromatic carboxylic acids is 1. The van der Waals surface area contributed by atoms with Gasteiger partial charge in [0.15, 0.2) is 11.5 Å². The predicted molar refractivity (Wildman–Crippen MR) is 72.1 cm³/mol. The molecule has 0 aliphatic heterocycles. The summed E-state index contributed by atoms with van der Waals surface area (Å²) in [5.41, 5.74) is 0.776. The van der Waals surface area contributed by atoms with Gasteiger partial charge in [0.05, 0.1) is 11.9 Å². The van der Waals surface area contributed by atoms with Crippen molar-refractivity contribution in [1.29, 1.82) is 0 Å². The number of carboxylic acid groups (broad SMARTS) is 1. The van der Waals surface area contributed by atoms with Crippen LogP contribution >= 0.6 is 0 Å². The molecular weight excluding hydrogens is 284 g/mol. The topological polar surface area (TPSA) is 101 Å². The fraction of sp³-hybridized carbons (Fsp3) is 0.167. The second kappa shape index (κ2) is 4.97. The van der Waals surface area contributed by atoms with Crippen LogP contribution in [0, 0.1) is 0 Å². The van der Waals surface area contributed by atoms with E-state index in [1.54, 1.807) is 24.3 Å². The van der Waals surface area contributed by atoms with Gasteiger partial charge in [-0.1, -0.05) is 17.3 Å². The number of carbonyl (C=O) groups is 1. The Morgan fingerprint density at radius 2 is 2.05 bits per heavy atom. The van der Waals surface area contributed by atoms with Crippen LogP contribution in [0.15, 0.2) is 34.9 Å². The van der Waals surface area contributed by atoms with Gasteiger partial charge in [0.2, 0.25) is 10.0 Å². The molecule has 0 radical (unpaired) electrons. The Balaban J connectivity index is 2.41. The number of hydrogen-bond acceptors (Lipinski definition) is 5. The monoisotopic (exact) mass is 296 g/mol. The first-order valence-electron chi connectivity index (χ1n) is 5.53. The fourth-order valence-electron chi connectivity index (χ4n) is 1.56. The Labute approximate surface area is 115 Å². The highest BCUT2D eigenvalue weighted by Gasteiger charge is 2.15. The highest BCUT2D eigenvalue weighted by Crippen LogP contribution is 2.25. The minimum Gasteiger partial charge on any atom is -0.476 e. The van der Waals surface area contributed by atoms with Gasteiger partial charge < -0.3 is 9.63 Å². The van der Waals surface area contributed by atoms with Gasteiger partial charge in [0, 0.05) is 18.7 Å². The summed E-state index contributed by atoms with van der Waals surface area (Å²) in [4.78, 5) is 10.7. The van der Waals surface area contributed by atoms with Crippen LogP contribution in [0.3, 0.4) is 0 Å². The van der Waals surface area contributed by atoms with Gasteiger partial charge in [-0.15, -0.1) is 0 Å². The van der Waals surface area contributed by atoms with Crippen LogP contribution in [0.4, 0.5) is 5.69 Å². The number of aromatic nitrogens is 1. The van der Waals surface area contributed by atoms with Crippen molar-refractivity contribution in [2.24, 2.45) is 0 Å². The normalized spacial score (nSPS) is 11.3. The van der Waals surface area contributed by atoms with Gasteiger partial charge in [0.25, 0.3) is 0 Å². The van der Waals surface area contributed by atoms with Gasteiger partial charge in [-0.2, -0.15) is 0 Å². The molecule has 1 heterocycles. The third-order valence-electron chi connectivity index (χ3n) is 2.72. The summed E-state index contributed by atoms with van der Waals surface area (Å²) >= 11 is 0. The molecule has 1 N–H and O–H groups in total. The second-order valence-corrected chi connectivity index (χ2v) is 6.18. The molecule has 8 heteroatoms. The quantitative estimate of drug-likeness (QED) is 0.916. The van der Waals surface area contributed by atoms with E-state index in [-0.39, 0.29) is 11.5 Å². The molecule has 2 aromatic rings. The molecule has 1 aromatic carbocycles. The van der Waals surface area contributed by atoms with Crippen LogP contribution < -0.4 is 4.31 Å². The Kier molecular flexibility index (Phi) is 3.49. The Bertz CT molecular complexity index is 751. The Morgan fingerprint density at radius 3 is 2.60 bits per heavy atom. The van der Waals surface area contributed by atoms with E-state index >= 15 is 0 Å². The maximum Gasteiger partial charge on any atom is 0.358 e. The largest absolute Gasteiger partial charge is 0.476 e. The molecule has 0 aliphatic rings. The molecule has 1 aromatic heterocycles. The first-order valence-corrected chi connectivity index (χ1v) is 7.38. The van der Waals surface area contributed by atoms with E-state index in [4.69, 9.17) is 9.63 Å². The summed E-state index contributed by atoms with van der Waals surface area (Å²) in [7, 11) is -1.94. The van der Waals surface area contributed by atoms with Crippen molar-refractivity contribution in [3.05, 3.63) is 36.0 Å². The smallest absolute Gasteiger partial charge is 0.358 e. The first-order chi connectivity index (χ1) is 9.29. The van der Waals surface area contributed by atoms with Crippen molar-refractivity contribution < 1.29 is 22.8 Å². The molecular formula is C12H12N2O5S. The van der Waals surface area contributed by atoms with Crippen molar-refractivity contribution in [2.75, 3.05) is 17.6 Å². The lowest BCUT2D eigenvalue weighted by atomic mass is 10.1. The van der Waals surface area contributed by atoms with E-state index in [0.717, 1.165) is 10.6 Å². The van der Waals surface area contributed by atoms with Crippen LogP contribution in [-0.2, 0) is 10.0 Å². The predicted octanol–water partition coefficient (Wildman–Crippen LogP) is 1.44. The SMILES string of the molecule is CN(c1cccc(-c2cc(C(=O)O)no2)c1)S(C)(=O)=O. The Morgan fingerprint density at radius 1 is 1.35 bits per heavy atom. The van der Waals surface area contributed by atoms with Gasteiger partial charge in [-0.25, -0.2) is 13.2 Å². The standard InChI is InChI=1S/C12H12N2O5S/c1-14(20(2,17)18)9-5-3-4-8(6-9)11-7-10(12(15)16)13-19-11/h3-7H,1-2H3,(H,15,16). The van der Waals surface area contributed by atoms with Crippen molar-refractivity contribution >= 4 is 21.7 Å². The van der Waals surface area contributed by atoms with Gasteiger partial charge in [-0.05, 0) is 12.1 Å². The number of benzene rings is 1. The summed E-state index contributed by atoms with van der Waals surface area (Å²) in [6, 6.07) is 7.80. The summed E-state index contributed by atoms with van der Waals surface area (Å²) in [6.45, 7) is 0. The van der Waals surface area contributed by atoms with Crippen LogP contribution in [0.2, 0.25) is 0 Å². The number of nitrogens with zero attached hydrogens (tertiary/aromatic N) is 2. The minimum absolute atomic E-state index is 0.207. The molecule has 7 nitrogen and oxygen atoms in total. The molecule has 106 valence electrons. The third kappa shape index (κ3) is 2.80. The number of rotatable bonds is 4. The average molecular weight is 296 g/mol. The first kappa shape index (κ1) is 14.1. The highest BCUT2D eigenvalue weighted by molar-refractivity contribution is 7.92. The van der Waals surface area contributed by atoms with Gasteiger partial charge in [-0.3, -0.25) is 4.31 Å². The molecule has 0 spiro atoms. The molecule has 0 amide bonds. The zero-order valence-corrected chi connectivity index (χ0v) is 11.6. The molecule has 0 atom stereocenters. The zero-order chi connectivity index (χ0) is 14.9. The van der Waals surface area contributed by atoms with E-state index in [9.17, 15) is 13.2 Å². The van der Waals surface area contributed by atoms with Crippen molar-refractivity contribution in [3.8, 4) is 11.3 Å². The summed E-state index contributed by atoms with van der Waals surface area (Å²) in [5.74, 6) is -0.935. The maximum atomic E-state index is 11.5. The lowest BCUT2D eigenvalue weighted by Crippen LogP contribution is -2.24. The molecule has 0 saturated carbocycles. The number of hydrogen-bond donors (Lipinski definition) is 1. The van der Waals surface area contributed by atoms with Gasteiger partial charge in [0.1, 0.15) is 0 Å². The van der Waals surface area contributed by atoms with Crippen molar-refractivity contribution in [1.82, 2.24) is 5.16 Å². The van der Waals surface area contributed by atoms with E-state index in [0.29, 0.717) is 11.3 Å². The molecule has 0 aliphatic carbocycles. The highest BCUT2D eigenvalue weighted by atomic mass is 32.2. The average Bonchev–Trinajstić information content (AvgIpc) is 2.86. The maximum absolute atomic E-state index is 11.5. The van der Waals surface area contributed by atoms with E-state index in [1.807, 2.05) is 0 Å². The van der Waals surface area contributed by atoms with E-state index in [1.165, 1.54) is 13.1 Å². The number of anilines is 1. The van der Waals surface area contributed by atoms with Crippen LogP contribution in [0.25, 0.3) is 11.3 Å². The molecule has 0 unspecified atom stereocenters. The molecule has 0 saturated heterocycles. The van der Waals surface area contributed by atoms with Crippen molar-refractivity contribution in [2.45, 2.75) is 0 Å². The molecule has 2 rings (SSSR count).